The molecule has 0 aromatic heterocycles. The fourth-order valence-electron chi connectivity index (χ4n) is 5.21. The van der Waals surface area contributed by atoms with Gasteiger partial charge in [0.25, 0.3) is 0 Å². The first-order chi connectivity index (χ1) is 18.4. The minimum absolute atomic E-state index is 1.07. The van der Waals surface area contributed by atoms with Crippen LogP contribution in [0.3, 0.4) is 0 Å². The van der Waals surface area contributed by atoms with E-state index in [4.69, 9.17) is 0 Å². The van der Waals surface area contributed by atoms with Gasteiger partial charge in [-0.3, -0.25) is 0 Å². The summed E-state index contributed by atoms with van der Waals surface area (Å²) < 4.78 is 0. The third kappa shape index (κ3) is 5.50. The molecule has 184 valence electrons. The lowest BCUT2D eigenvalue weighted by molar-refractivity contribution is 1.44. The van der Waals surface area contributed by atoms with Gasteiger partial charge < -0.3 is 0 Å². The molecule has 0 heterocycles. The first-order valence-electron chi connectivity index (χ1n) is 12.9. The van der Waals surface area contributed by atoms with E-state index in [-0.39, 0.29) is 0 Å². The molecule has 0 aliphatic carbocycles. The predicted octanol–water partition coefficient (Wildman–Crippen LogP) is 10.2. The fraction of sp³-hybridized carbons (Fsp3) is 0.176. The zero-order chi connectivity index (χ0) is 24.9. The number of thioether (sulfide) groups is 3. The van der Waals surface area contributed by atoms with Crippen molar-refractivity contribution in [2.24, 2.45) is 0 Å². The highest BCUT2D eigenvalue weighted by Gasteiger charge is 2.09. The van der Waals surface area contributed by atoms with Crippen LogP contribution in [0.4, 0.5) is 0 Å². The van der Waals surface area contributed by atoms with Crippen LogP contribution in [0, 0.1) is 0 Å². The molecule has 0 aliphatic heterocycles. The van der Waals surface area contributed by atoms with Crippen molar-refractivity contribution in [3.63, 3.8) is 0 Å². The van der Waals surface area contributed by atoms with E-state index in [0.717, 1.165) is 11.5 Å². The highest BCUT2D eigenvalue weighted by molar-refractivity contribution is 8.04. The van der Waals surface area contributed by atoms with Crippen LogP contribution in [0.5, 0.6) is 0 Å². The largest absolute Gasteiger partial charge is 0.160 e. The van der Waals surface area contributed by atoms with Gasteiger partial charge in [0.2, 0.25) is 0 Å². The first kappa shape index (κ1) is 24.7. The van der Waals surface area contributed by atoms with Gasteiger partial charge in [0, 0.05) is 34.5 Å². The van der Waals surface area contributed by atoms with E-state index in [1.807, 2.05) is 0 Å². The lowest BCUT2D eigenvalue weighted by Gasteiger charge is -2.12. The van der Waals surface area contributed by atoms with E-state index in [9.17, 15) is 0 Å². The van der Waals surface area contributed by atoms with Crippen LogP contribution >= 0.6 is 35.3 Å². The number of hydrogen-bond donors (Lipinski definition) is 0. The highest BCUT2D eigenvalue weighted by Crippen LogP contribution is 2.33. The molecule has 6 rings (SSSR count). The number of hydrogen-bond acceptors (Lipinski definition) is 3. The van der Waals surface area contributed by atoms with Crippen LogP contribution < -0.4 is 0 Å². The molecular weight excluding hydrogens is 505 g/mol. The van der Waals surface area contributed by atoms with E-state index in [2.05, 4.69) is 144 Å². The maximum Gasteiger partial charge on any atom is 0.0197 e. The van der Waals surface area contributed by atoms with Gasteiger partial charge in [-0.2, -0.15) is 35.3 Å². The van der Waals surface area contributed by atoms with Gasteiger partial charge in [-0.05, 0) is 66.3 Å². The molecule has 0 spiro atoms. The van der Waals surface area contributed by atoms with Gasteiger partial charge >= 0.3 is 0 Å². The molecule has 0 atom stereocenters. The van der Waals surface area contributed by atoms with Crippen molar-refractivity contribution in [2.75, 3.05) is 23.0 Å². The van der Waals surface area contributed by atoms with Crippen molar-refractivity contribution >= 4 is 78.4 Å². The Bertz CT molecular complexity index is 1440. The highest BCUT2D eigenvalue weighted by atomic mass is 32.2. The Morgan fingerprint density at radius 2 is 0.649 bits per heavy atom. The maximum absolute atomic E-state index is 2.33. The van der Waals surface area contributed by atoms with Crippen molar-refractivity contribution in [2.45, 2.75) is 11.5 Å². The van der Waals surface area contributed by atoms with Crippen molar-refractivity contribution in [1.82, 2.24) is 0 Å². The molecule has 0 unspecified atom stereocenters. The summed E-state index contributed by atoms with van der Waals surface area (Å²) in [5.41, 5.74) is 2.98. The quantitative estimate of drug-likeness (QED) is 0.127. The summed E-state index contributed by atoms with van der Waals surface area (Å²) in [5.74, 6) is 6.97. The summed E-state index contributed by atoms with van der Waals surface area (Å²) in [6.45, 7) is 0. The molecule has 0 bridgehead atoms. The second-order valence-electron chi connectivity index (χ2n) is 9.31. The monoisotopic (exact) mass is 534 g/mol. The van der Waals surface area contributed by atoms with Gasteiger partial charge in [0.1, 0.15) is 0 Å². The van der Waals surface area contributed by atoms with Gasteiger partial charge in [0.15, 0.2) is 0 Å². The van der Waals surface area contributed by atoms with Crippen molar-refractivity contribution < 1.29 is 0 Å². The van der Waals surface area contributed by atoms with Crippen LogP contribution in [0.1, 0.15) is 11.1 Å². The third-order valence-corrected chi connectivity index (χ3v) is 10.5. The normalized spacial score (nSPS) is 11.7. The zero-order valence-electron chi connectivity index (χ0n) is 20.9. The third-order valence-electron chi connectivity index (χ3n) is 7.00. The van der Waals surface area contributed by atoms with E-state index in [1.54, 1.807) is 0 Å². The van der Waals surface area contributed by atoms with Crippen molar-refractivity contribution in [1.29, 1.82) is 0 Å². The topological polar surface area (TPSA) is 0 Å². The summed E-state index contributed by atoms with van der Waals surface area (Å²) in [6.07, 6.45) is 0. The lowest BCUT2D eigenvalue weighted by atomic mass is 9.98. The smallest absolute Gasteiger partial charge is 0.0197 e. The first-order valence-corrected chi connectivity index (χ1v) is 16.4. The zero-order valence-corrected chi connectivity index (χ0v) is 23.3. The van der Waals surface area contributed by atoms with Gasteiger partial charge in [-0.25, -0.2) is 0 Å². The van der Waals surface area contributed by atoms with Crippen LogP contribution in [0.15, 0.2) is 109 Å². The molecule has 6 aromatic carbocycles. The second kappa shape index (κ2) is 11.9. The Morgan fingerprint density at radius 1 is 0.351 bits per heavy atom. The Balaban J connectivity index is 1.00. The molecule has 0 fully saturated rings. The summed E-state index contributed by atoms with van der Waals surface area (Å²) in [4.78, 5) is 0. The van der Waals surface area contributed by atoms with Crippen molar-refractivity contribution in [3.05, 3.63) is 120 Å². The Morgan fingerprint density at radius 3 is 1.00 bits per heavy atom. The molecule has 0 saturated carbocycles. The predicted molar refractivity (Wildman–Crippen MR) is 173 cm³/mol. The molecule has 3 heteroatoms. The standard InChI is InChI=1S/C34H30S3/c1-5-13-29-25(9-1)21-26-10-2-6-14-30(26)33(29)23-36-19-17-35-18-20-37-24-34-31-15-7-3-11-27(31)22-28-12-4-8-16-32(28)34/h1-16,21-22H,17-20,23-24H2. The molecule has 6 aromatic rings. The Labute approximate surface area is 232 Å². The number of rotatable bonds is 10. The van der Waals surface area contributed by atoms with Gasteiger partial charge in [-0.1, -0.05) is 97.1 Å². The minimum atomic E-state index is 1.07. The summed E-state index contributed by atoms with van der Waals surface area (Å²) in [5, 5.41) is 11.0. The SMILES string of the molecule is c1ccc2c(CSCCSCCSCc3c4ccccc4cc4ccccc34)c3ccccc3cc2c1. The van der Waals surface area contributed by atoms with E-state index < -0.39 is 0 Å². The van der Waals surface area contributed by atoms with Crippen LogP contribution in [-0.4, -0.2) is 23.0 Å². The molecular formula is C34H30S3. The van der Waals surface area contributed by atoms with E-state index in [1.165, 1.54) is 77.2 Å². The molecule has 0 nitrogen and oxygen atoms in total. The molecule has 0 radical (unpaired) electrons. The number of fused-ring (bicyclic) bond motifs is 4. The average molecular weight is 535 g/mol. The molecule has 0 saturated heterocycles. The minimum Gasteiger partial charge on any atom is -0.160 e. The molecule has 0 N–H and O–H groups in total. The van der Waals surface area contributed by atoms with Crippen molar-refractivity contribution in [3.8, 4) is 0 Å². The summed E-state index contributed by atoms with van der Waals surface area (Å²) >= 11 is 6.24. The van der Waals surface area contributed by atoms with E-state index >= 15 is 0 Å². The molecule has 0 amide bonds. The second-order valence-corrected chi connectivity index (χ2v) is 12.7. The van der Waals surface area contributed by atoms with E-state index in [0.29, 0.717) is 0 Å². The number of benzene rings is 6. The average Bonchev–Trinajstić information content (AvgIpc) is 2.95. The van der Waals surface area contributed by atoms with Gasteiger partial charge in [0.05, 0.1) is 0 Å². The Kier molecular flexibility index (Phi) is 7.92. The maximum atomic E-state index is 2.33. The lowest BCUT2D eigenvalue weighted by Crippen LogP contribution is -1.93. The summed E-state index contributed by atoms with van der Waals surface area (Å²) in [7, 11) is 0. The van der Waals surface area contributed by atoms with Crippen LogP contribution in [0.2, 0.25) is 0 Å². The molecule has 37 heavy (non-hydrogen) atoms. The summed E-state index contributed by atoms with van der Waals surface area (Å²) in [6, 6.07) is 40.0. The van der Waals surface area contributed by atoms with Crippen LogP contribution in [-0.2, 0) is 11.5 Å². The fourth-order valence-corrected chi connectivity index (χ4v) is 8.62. The Hall–Kier alpha value is -2.59. The van der Waals surface area contributed by atoms with Crippen LogP contribution in [0.25, 0.3) is 43.1 Å². The molecule has 0 aliphatic rings. The van der Waals surface area contributed by atoms with Gasteiger partial charge in [-0.15, -0.1) is 0 Å².